The SMILES string of the molecule is CCOc1ccc(N2C(=O)C[C@H](N3CCOCC3)C2=O)cc1. The average molecular weight is 304 g/mol. The van der Waals surface area contributed by atoms with Gasteiger partial charge in [0.1, 0.15) is 5.75 Å². The van der Waals surface area contributed by atoms with Crippen molar-refractivity contribution in [3.63, 3.8) is 0 Å². The molecule has 2 aliphatic heterocycles. The van der Waals surface area contributed by atoms with E-state index in [1.807, 2.05) is 11.8 Å². The van der Waals surface area contributed by atoms with Crippen LogP contribution in [0.3, 0.4) is 0 Å². The fourth-order valence-electron chi connectivity index (χ4n) is 2.92. The number of carbonyl (C=O) groups excluding carboxylic acids is 2. The van der Waals surface area contributed by atoms with Crippen LogP contribution >= 0.6 is 0 Å². The molecule has 2 aliphatic rings. The number of amides is 2. The minimum absolute atomic E-state index is 0.143. The molecule has 2 fully saturated rings. The van der Waals surface area contributed by atoms with Gasteiger partial charge in [0.2, 0.25) is 5.91 Å². The zero-order chi connectivity index (χ0) is 15.5. The van der Waals surface area contributed by atoms with Crippen molar-refractivity contribution in [2.75, 3.05) is 37.8 Å². The van der Waals surface area contributed by atoms with Crippen molar-refractivity contribution in [3.8, 4) is 5.75 Å². The van der Waals surface area contributed by atoms with Gasteiger partial charge >= 0.3 is 0 Å². The van der Waals surface area contributed by atoms with Gasteiger partial charge in [0.15, 0.2) is 0 Å². The highest BCUT2D eigenvalue weighted by Gasteiger charge is 2.42. The van der Waals surface area contributed by atoms with Crippen molar-refractivity contribution in [1.29, 1.82) is 0 Å². The number of hydrogen-bond donors (Lipinski definition) is 0. The first-order valence-electron chi connectivity index (χ1n) is 7.62. The number of rotatable bonds is 4. The molecule has 1 atom stereocenters. The van der Waals surface area contributed by atoms with Crippen LogP contribution in [0, 0.1) is 0 Å². The summed E-state index contributed by atoms with van der Waals surface area (Å²) in [5, 5.41) is 0. The first-order chi connectivity index (χ1) is 10.7. The van der Waals surface area contributed by atoms with Crippen LogP contribution in [0.15, 0.2) is 24.3 Å². The Balaban J connectivity index is 1.76. The Kier molecular flexibility index (Phi) is 4.40. The van der Waals surface area contributed by atoms with E-state index in [1.54, 1.807) is 24.3 Å². The molecule has 0 saturated carbocycles. The molecule has 3 rings (SSSR count). The molecular formula is C16H20N2O4. The van der Waals surface area contributed by atoms with E-state index >= 15 is 0 Å². The van der Waals surface area contributed by atoms with Gasteiger partial charge < -0.3 is 9.47 Å². The summed E-state index contributed by atoms with van der Waals surface area (Å²) in [4.78, 5) is 28.2. The van der Waals surface area contributed by atoms with Crippen LogP contribution in [-0.4, -0.2) is 55.7 Å². The van der Waals surface area contributed by atoms with Crippen molar-refractivity contribution in [1.82, 2.24) is 4.90 Å². The molecular weight excluding hydrogens is 284 g/mol. The topological polar surface area (TPSA) is 59.1 Å². The molecule has 118 valence electrons. The lowest BCUT2D eigenvalue weighted by atomic mass is 10.2. The van der Waals surface area contributed by atoms with Gasteiger partial charge in [0.25, 0.3) is 5.91 Å². The number of ether oxygens (including phenoxy) is 2. The summed E-state index contributed by atoms with van der Waals surface area (Å²) in [6.07, 6.45) is 0.242. The third-order valence-electron chi connectivity index (χ3n) is 4.02. The lowest BCUT2D eigenvalue weighted by Gasteiger charge is -2.30. The Morgan fingerprint density at radius 2 is 1.86 bits per heavy atom. The molecule has 6 heteroatoms. The summed E-state index contributed by atoms with van der Waals surface area (Å²) in [5.41, 5.74) is 0.606. The number of nitrogens with zero attached hydrogens (tertiary/aromatic N) is 2. The predicted octanol–water partition coefficient (Wildman–Crippen LogP) is 1.05. The highest BCUT2D eigenvalue weighted by molar-refractivity contribution is 6.22. The van der Waals surface area contributed by atoms with Crippen LogP contribution in [0.1, 0.15) is 13.3 Å². The predicted molar refractivity (Wildman–Crippen MR) is 80.9 cm³/mol. The molecule has 0 unspecified atom stereocenters. The number of imide groups is 1. The normalized spacial score (nSPS) is 23.1. The number of hydrogen-bond acceptors (Lipinski definition) is 5. The third-order valence-corrected chi connectivity index (χ3v) is 4.02. The second kappa shape index (κ2) is 6.46. The average Bonchev–Trinajstić information content (AvgIpc) is 2.84. The van der Waals surface area contributed by atoms with E-state index < -0.39 is 0 Å². The second-order valence-corrected chi connectivity index (χ2v) is 5.36. The minimum Gasteiger partial charge on any atom is -0.494 e. The maximum Gasteiger partial charge on any atom is 0.251 e. The maximum absolute atomic E-state index is 12.6. The number of morpholine rings is 1. The lowest BCUT2D eigenvalue weighted by molar-refractivity contribution is -0.123. The second-order valence-electron chi connectivity index (χ2n) is 5.36. The van der Waals surface area contributed by atoms with Gasteiger partial charge in [-0.3, -0.25) is 14.5 Å². The molecule has 22 heavy (non-hydrogen) atoms. The van der Waals surface area contributed by atoms with Gasteiger partial charge in [-0.05, 0) is 31.2 Å². The number of benzene rings is 1. The van der Waals surface area contributed by atoms with E-state index in [0.29, 0.717) is 38.6 Å². The van der Waals surface area contributed by atoms with Crippen LogP contribution in [0.25, 0.3) is 0 Å². The van der Waals surface area contributed by atoms with E-state index in [9.17, 15) is 9.59 Å². The highest BCUT2D eigenvalue weighted by Crippen LogP contribution is 2.27. The third kappa shape index (κ3) is 2.84. The van der Waals surface area contributed by atoms with Gasteiger partial charge in [-0.15, -0.1) is 0 Å². The lowest BCUT2D eigenvalue weighted by Crippen LogP contribution is -2.47. The largest absolute Gasteiger partial charge is 0.494 e. The van der Waals surface area contributed by atoms with E-state index in [4.69, 9.17) is 9.47 Å². The minimum atomic E-state index is -0.358. The Bertz CT molecular complexity index is 552. The molecule has 6 nitrogen and oxygen atoms in total. The molecule has 0 aliphatic carbocycles. The Hall–Kier alpha value is -1.92. The van der Waals surface area contributed by atoms with Crippen LogP contribution in [0.4, 0.5) is 5.69 Å². The molecule has 0 bridgehead atoms. The molecule has 0 radical (unpaired) electrons. The monoisotopic (exact) mass is 304 g/mol. The molecule has 2 amide bonds. The van der Waals surface area contributed by atoms with Crippen LogP contribution < -0.4 is 9.64 Å². The summed E-state index contributed by atoms with van der Waals surface area (Å²) in [6, 6.07) is 6.71. The maximum atomic E-state index is 12.6. The van der Waals surface area contributed by atoms with Gasteiger partial charge in [-0.1, -0.05) is 0 Å². The summed E-state index contributed by atoms with van der Waals surface area (Å²) in [7, 11) is 0. The van der Waals surface area contributed by atoms with Crippen molar-refractivity contribution in [2.45, 2.75) is 19.4 Å². The highest BCUT2D eigenvalue weighted by atomic mass is 16.5. The van der Waals surface area contributed by atoms with Crippen LogP contribution in [0.5, 0.6) is 5.75 Å². The molecule has 0 spiro atoms. The summed E-state index contributed by atoms with van der Waals surface area (Å²) in [5.74, 6) is 0.441. The zero-order valence-corrected chi connectivity index (χ0v) is 12.7. The molecule has 2 saturated heterocycles. The molecule has 0 N–H and O–H groups in total. The fraction of sp³-hybridized carbons (Fsp3) is 0.500. The Labute approximate surface area is 129 Å². The van der Waals surface area contributed by atoms with E-state index in [-0.39, 0.29) is 24.3 Å². The van der Waals surface area contributed by atoms with E-state index in [2.05, 4.69) is 0 Å². The quantitative estimate of drug-likeness (QED) is 0.778. The first kappa shape index (κ1) is 15.0. The smallest absolute Gasteiger partial charge is 0.251 e. The molecule has 1 aromatic rings. The van der Waals surface area contributed by atoms with Gasteiger partial charge in [0, 0.05) is 13.1 Å². The summed E-state index contributed by atoms with van der Waals surface area (Å²) in [6.45, 7) is 5.11. The van der Waals surface area contributed by atoms with Crippen molar-refractivity contribution < 1.29 is 19.1 Å². The van der Waals surface area contributed by atoms with Crippen molar-refractivity contribution in [3.05, 3.63) is 24.3 Å². The van der Waals surface area contributed by atoms with Crippen LogP contribution in [-0.2, 0) is 14.3 Å². The van der Waals surface area contributed by atoms with Gasteiger partial charge in [-0.2, -0.15) is 0 Å². The summed E-state index contributed by atoms with van der Waals surface area (Å²) < 4.78 is 10.7. The molecule has 1 aromatic carbocycles. The summed E-state index contributed by atoms with van der Waals surface area (Å²) >= 11 is 0. The standard InChI is InChI=1S/C16H20N2O4/c1-2-22-13-5-3-12(4-6-13)18-15(19)11-14(16(18)20)17-7-9-21-10-8-17/h3-6,14H,2,7-11H2,1H3/t14-/m0/s1. The van der Waals surface area contributed by atoms with E-state index in [0.717, 1.165) is 5.75 Å². The van der Waals surface area contributed by atoms with Crippen molar-refractivity contribution in [2.24, 2.45) is 0 Å². The van der Waals surface area contributed by atoms with Gasteiger partial charge in [-0.25, -0.2) is 4.90 Å². The number of anilines is 1. The zero-order valence-electron chi connectivity index (χ0n) is 12.7. The van der Waals surface area contributed by atoms with E-state index in [1.165, 1.54) is 4.90 Å². The van der Waals surface area contributed by atoms with Crippen LogP contribution in [0.2, 0.25) is 0 Å². The molecule has 0 aromatic heterocycles. The molecule has 2 heterocycles. The first-order valence-corrected chi connectivity index (χ1v) is 7.62. The van der Waals surface area contributed by atoms with Crippen molar-refractivity contribution >= 4 is 17.5 Å². The Morgan fingerprint density at radius 1 is 1.18 bits per heavy atom. The number of carbonyl (C=O) groups is 2. The fourth-order valence-corrected chi connectivity index (χ4v) is 2.92. The van der Waals surface area contributed by atoms with Gasteiger partial charge in [0.05, 0.1) is 38.0 Å². The Morgan fingerprint density at radius 3 is 2.50 bits per heavy atom.